The van der Waals surface area contributed by atoms with Gasteiger partial charge in [-0.25, -0.2) is 4.68 Å². The lowest BCUT2D eigenvalue weighted by Crippen LogP contribution is -2.28. The Morgan fingerprint density at radius 1 is 1.24 bits per heavy atom. The highest BCUT2D eigenvalue weighted by molar-refractivity contribution is 7.80. The summed E-state index contributed by atoms with van der Waals surface area (Å²) in [7, 11) is 1.60. The summed E-state index contributed by atoms with van der Waals surface area (Å²) in [4.78, 5) is 0. The maximum absolute atomic E-state index is 6.02. The quantitative estimate of drug-likeness (QED) is 0.662. The summed E-state index contributed by atoms with van der Waals surface area (Å²) < 4.78 is 7.11. The van der Waals surface area contributed by atoms with Crippen molar-refractivity contribution in [2.45, 2.75) is 6.54 Å². The van der Waals surface area contributed by atoms with Crippen LogP contribution in [0, 0.1) is 0 Å². The van der Waals surface area contributed by atoms with Gasteiger partial charge in [0.05, 0.1) is 18.5 Å². The van der Waals surface area contributed by atoms with E-state index in [1.807, 2.05) is 41.2 Å². The molecule has 0 fully saturated rings. The van der Waals surface area contributed by atoms with E-state index in [2.05, 4.69) is 15.7 Å². The number of rotatable bonds is 5. The van der Waals surface area contributed by atoms with Crippen LogP contribution < -0.4 is 15.4 Å². The Hall–Kier alpha value is -2.57. The summed E-state index contributed by atoms with van der Waals surface area (Å²) in [6.07, 6.45) is 3.66. The SMILES string of the molecule is COc1ccc(Cl)cc1NC(=S)NCc1ccc(-n2cccn2)cc1. The fourth-order valence-corrected chi connectivity index (χ4v) is 2.67. The summed E-state index contributed by atoms with van der Waals surface area (Å²) in [6, 6.07) is 15.3. The van der Waals surface area contributed by atoms with Gasteiger partial charge in [0.1, 0.15) is 5.75 Å². The van der Waals surface area contributed by atoms with Gasteiger partial charge in [0, 0.05) is 24.0 Å². The van der Waals surface area contributed by atoms with Crippen molar-refractivity contribution in [1.82, 2.24) is 15.1 Å². The van der Waals surface area contributed by atoms with Crippen molar-refractivity contribution >= 4 is 34.6 Å². The number of aromatic nitrogens is 2. The lowest BCUT2D eigenvalue weighted by Gasteiger charge is -2.14. The molecule has 2 aromatic carbocycles. The molecule has 0 saturated heterocycles. The topological polar surface area (TPSA) is 51.1 Å². The Morgan fingerprint density at radius 3 is 2.72 bits per heavy atom. The molecule has 0 atom stereocenters. The lowest BCUT2D eigenvalue weighted by molar-refractivity contribution is 0.417. The zero-order chi connectivity index (χ0) is 17.6. The van der Waals surface area contributed by atoms with E-state index < -0.39 is 0 Å². The van der Waals surface area contributed by atoms with E-state index in [1.54, 1.807) is 31.5 Å². The van der Waals surface area contributed by atoms with Crippen molar-refractivity contribution in [3.05, 3.63) is 71.5 Å². The van der Waals surface area contributed by atoms with E-state index in [-0.39, 0.29) is 0 Å². The molecule has 5 nitrogen and oxygen atoms in total. The van der Waals surface area contributed by atoms with Crippen LogP contribution in [0.1, 0.15) is 5.56 Å². The van der Waals surface area contributed by atoms with Crippen LogP contribution in [0.4, 0.5) is 5.69 Å². The Kier molecular flexibility index (Phi) is 5.53. The minimum Gasteiger partial charge on any atom is -0.495 e. The van der Waals surface area contributed by atoms with Crippen molar-refractivity contribution < 1.29 is 4.74 Å². The van der Waals surface area contributed by atoms with Crippen LogP contribution in [0.25, 0.3) is 5.69 Å². The average Bonchev–Trinajstić information content (AvgIpc) is 3.15. The van der Waals surface area contributed by atoms with Crippen LogP contribution in [0.3, 0.4) is 0 Å². The number of hydrogen-bond donors (Lipinski definition) is 2. The first-order valence-corrected chi connectivity index (χ1v) is 8.41. The smallest absolute Gasteiger partial charge is 0.171 e. The fraction of sp³-hybridized carbons (Fsp3) is 0.111. The third-order valence-electron chi connectivity index (χ3n) is 3.57. The molecule has 0 bridgehead atoms. The average molecular weight is 373 g/mol. The summed E-state index contributed by atoms with van der Waals surface area (Å²) >= 11 is 11.4. The van der Waals surface area contributed by atoms with Crippen LogP contribution in [-0.4, -0.2) is 22.0 Å². The second-order valence-electron chi connectivity index (χ2n) is 5.27. The molecular weight excluding hydrogens is 356 g/mol. The number of hydrogen-bond acceptors (Lipinski definition) is 3. The molecule has 0 radical (unpaired) electrons. The standard InChI is InChI=1S/C18H17ClN4OS/c1-24-17-8-5-14(19)11-16(17)22-18(25)20-12-13-3-6-15(7-4-13)23-10-2-9-21-23/h2-11H,12H2,1H3,(H2,20,22,25). The highest BCUT2D eigenvalue weighted by Crippen LogP contribution is 2.27. The predicted molar refractivity (Wildman–Crippen MR) is 105 cm³/mol. The van der Waals surface area contributed by atoms with Crippen molar-refractivity contribution in [2.24, 2.45) is 0 Å². The van der Waals surface area contributed by atoms with Gasteiger partial charge in [0.15, 0.2) is 5.11 Å². The van der Waals surface area contributed by atoms with Gasteiger partial charge in [-0.1, -0.05) is 23.7 Å². The number of benzene rings is 2. The third kappa shape index (κ3) is 4.49. The van der Waals surface area contributed by atoms with Gasteiger partial charge in [-0.05, 0) is 54.2 Å². The Morgan fingerprint density at radius 2 is 2.04 bits per heavy atom. The number of methoxy groups -OCH3 is 1. The number of nitrogens with one attached hydrogen (secondary N) is 2. The zero-order valence-electron chi connectivity index (χ0n) is 13.6. The van der Waals surface area contributed by atoms with Gasteiger partial charge in [0.2, 0.25) is 0 Å². The molecule has 1 aromatic heterocycles. The third-order valence-corrected chi connectivity index (χ3v) is 4.05. The molecule has 0 saturated carbocycles. The summed E-state index contributed by atoms with van der Waals surface area (Å²) in [5.41, 5.74) is 2.85. The van der Waals surface area contributed by atoms with E-state index in [1.165, 1.54) is 0 Å². The molecule has 0 aliphatic carbocycles. The molecule has 0 amide bonds. The number of halogens is 1. The largest absolute Gasteiger partial charge is 0.495 e. The van der Waals surface area contributed by atoms with Crippen LogP contribution in [0.2, 0.25) is 5.02 Å². The molecule has 2 N–H and O–H groups in total. The summed E-state index contributed by atoms with van der Waals surface area (Å²) in [5.74, 6) is 0.678. The van der Waals surface area contributed by atoms with Crippen LogP contribution in [0.5, 0.6) is 5.75 Å². The second kappa shape index (κ2) is 8.00. The minimum atomic E-state index is 0.497. The van der Waals surface area contributed by atoms with Crippen molar-refractivity contribution in [3.63, 3.8) is 0 Å². The molecule has 0 unspecified atom stereocenters. The van der Waals surface area contributed by atoms with E-state index in [0.29, 0.717) is 22.4 Å². The second-order valence-corrected chi connectivity index (χ2v) is 6.11. The predicted octanol–water partition coefficient (Wildman–Crippen LogP) is 4.02. The summed E-state index contributed by atoms with van der Waals surface area (Å²) in [5, 5.41) is 11.6. The fourth-order valence-electron chi connectivity index (χ4n) is 2.31. The molecule has 0 aliphatic heterocycles. The molecule has 128 valence electrons. The Bertz CT molecular complexity index is 850. The molecule has 3 aromatic rings. The highest BCUT2D eigenvalue weighted by Gasteiger charge is 2.06. The van der Waals surface area contributed by atoms with Crippen molar-refractivity contribution in [1.29, 1.82) is 0 Å². The Balaban J connectivity index is 1.58. The molecule has 0 aliphatic rings. The highest BCUT2D eigenvalue weighted by atomic mass is 35.5. The van der Waals surface area contributed by atoms with Gasteiger partial charge < -0.3 is 15.4 Å². The maximum atomic E-state index is 6.02. The number of thiocarbonyl (C=S) groups is 1. The number of ether oxygens (including phenoxy) is 1. The van der Waals surface area contributed by atoms with E-state index in [4.69, 9.17) is 28.6 Å². The van der Waals surface area contributed by atoms with Crippen LogP contribution in [0.15, 0.2) is 60.9 Å². The van der Waals surface area contributed by atoms with Crippen molar-refractivity contribution in [2.75, 3.05) is 12.4 Å². The van der Waals surface area contributed by atoms with E-state index in [0.717, 1.165) is 16.9 Å². The molecule has 25 heavy (non-hydrogen) atoms. The molecule has 1 heterocycles. The van der Waals surface area contributed by atoms with Gasteiger partial charge in [0.25, 0.3) is 0 Å². The first-order valence-electron chi connectivity index (χ1n) is 7.63. The maximum Gasteiger partial charge on any atom is 0.171 e. The molecular formula is C18H17ClN4OS. The van der Waals surface area contributed by atoms with E-state index >= 15 is 0 Å². The number of nitrogens with zero attached hydrogens (tertiary/aromatic N) is 2. The monoisotopic (exact) mass is 372 g/mol. The van der Waals surface area contributed by atoms with Crippen molar-refractivity contribution in [3.8, 4) is 11.4 Å². The molecule has 3 rings (SSSR count). The minimum absolute atomic E-state index is 0.497. The first-order chi connectivity index (χ1) is 12.2. The van der Waals surface area contributed by atoms with E-state index in [9.17, 15) is 0 Å². The number of anilines is 1. The molecule has 7 heteroatoms. The van der Waals surface area contributed by atoms with Crippen LogP contribution in [-0.2, 0) is 6.54 Å². The van der Waals surface area contributed by atoms with Gasteiger partial charge in [-0.2, -0.15) is 5.10 Å². The lowest BCUT2D eigenvalue weighted by atomic mass is 10.2. The zero-order valence-corrected chi connectivity index (χ0v) is 15.1. The first kappa shape index (κ1) is 17.3. The normalized spacial score (nSPS) is 10.3. The molecule has 0 spiro atoms. The van der Waals surface area contributed by atoms with Gasteiger partial charge in [-0.15, -0.1) is 0 Å². The van der Waals surface area contributed by atoms with Gasteiger partial charge >= 0.3 is 0 Å². The Labute approximate surface area is 156 Å². The van der Waals surface area contributed by atoms with Gasteiger partial charge in [-0.3, -0.25) is 0 Å². The van der Waals surface area contributed by atoms with Crippen LogP contribution >= 0.6 is 23.8 Å². The summed E-state index contributed by atoms with van der Waals surface area (Å²) in [6.45, 7) is 0.605.